The van der Waals surface area contributed by atoms with E-state index in [1.165, 1.54) is 25.7 Å². The minimum absolute atomic E-state index is 0. The molecule has 0 aromatic heterocycles. The van der Waals surface area contributed by atoms with E-state index in [0.717, 1.165) is 32.5 Å². The van der Waals surface area contributed by atoms with Crippen molar-refractivity contribution in [2.45, 2.75) is 70.1 Å². The summed E-state index contributed by atoms with van der Waals surface area (Å²) in [5, 5.41) is 6.44. The smallest absolute Gasteiger partial charge is 0.242 e. The lowest BCUT2D eigenvalue weighted by Gasteiger charge is -2.37. The first-order valence-electron chi connectivity index (χ1n) is 9.56. The van der Waals surface area contributed by atoms with Crippen molar-refractivity contribution in [2.24, 2.45) is 5.92 Å². The summed E-state index contributed by atoms with van der Waals surface area (Å²) in [5.41, 5.74) is 0. The van der Waals surface area contributed by atoms with Gasteiger partial charge in [0.2, 0.25) is 11.8 Å². The molecule has 0 aromatic rings. The standard InChI is InChI=1S/C18H31N3O3.ClH/c1-13-17(19-8-11-24-13)18(23)21-9-6-15(7-10-21)20-16(22)12-14-4-2-3-5-14;/h13-15,17,19H,2-12H2,1H3,(H,20,22);1H/t13-,17+;/m1./s1. The molecule has 3 aliphatic rings. The van der Waals surface area contributed by atoms with Crippen LogP contribution in [0.3, 0.4) is 0 Å². The molecule has 7 heteroatoms. The molecular formula is C18H32ClN3O3. The third kappa shape index (κ3) is 5.56. The van der Waals surface area contributed by atoms with E-state index in [0.29, 0.717) is 18.9 Å². The number of morpholine rings is 1. The number of hydrogen-bond donors (Lipinski definition) is 2. The van der Waals surface area contributed by atoms with Gasteiger partial charge in [0.15, 0.2) is 0 Å². The van der Waals surface area contributed by atoms with Crippen LogP contribution in [-0.4, -0.2) is 61.1 Å². The molecule has 0 spiro atoms. The molecule has 2 amide bonds. The van der Waals surface area contributed by atoms with E-state index < -0.39 is 0 Å². The molecule has 1 aliphatic carbocycles. The van der Waals surface area contributed by atoms with Crippen LogP contribution >= 0.6 is 12.4 Å². The average molecular weight is 374 g/mol. The van der Waals surface area contributed by atoms with E-state index >= 15 is 0 Å². The molecule has 0 radical (unpaired) electrons. The van der Waals surface area contributed by atoms with Gasteiger partial charge < -0.3 is 20.3 Å². The molecule has 3 rings (SSSR count). The molecule has 0 unspecified atom stereocenters. The van der Waals surface area contributed by atoms with Gasteiger partial charge in [-0.15, -0.1) is 12.4 Å². The fourth-order valence-corrected chi connectivity index (χ4v) is 4.21. The first kappa shape index (κ1) is 20.5. The number of likely N-dealkylation sites (tertiary alicyclic amines) is 1. The van der Waals surface area contributed by atoms with E-state index in [-0.39, 0.29) is 42.4 Å². The Balaban J connectivity index is 0.00000225. The van der Waals surface area contributed by atoms with E-state index in [1.807, 2.05) is 11.8 Å². The Morgan fingerprint density at radius 1 is 1.16 bits per heavy atom. The van der Waals surface area contributed by atoms with E-state index in [1.54, 1.807) is 0 Å². The summed E-state index contributed by atoms with van der Waals surface area (Å²) in [7, 11) is 0. The van der Waals surface area contributed by atoms with E-state index in [4.69, 9.17) is 4.74 Å². The molecule has 2 N–H and O–H groups in total. The van der Waals surface area contributed by atoms with Crippen molar-refractivity contribution in [1.82, 2.24) is 15.5 Å². The van der Waals surface area contributed by atoms with Gasteiger partial charge in [-0.05, 0) is 38.5 Å². The lowest BCUT2D eigenvalue weighted by atomic mass is 10.0. The zero-order valence-electron chi connectivity index (χ0n) is 15.2. The predicted molar refractivity (Wildman–Crippen MR) is 98.8 cm³/mol. The van der Waals surface area contributed by atoms with Crippen molar-refractivity contribution >= 4 is 24.2 Å². The Morgan fingerprint density at radius 3 is 2.48 bits per heavy atom. The topological polar surface area (TPSA) is 70.7 Å². The number of carbonyl (C=O) groups excluding carboxylic acids is 2. The van der Waals surface area contributed by atoms with Gasteiger partial charge in [0, 0.05) is 32.1 Å². The predicted octanol–water partition coefficient (Wildman–Crippen LogP) is 1.47. The molecule has 2 heterocycles. The number of hydrogen-bond acceptors (Lipinski definition) is 4. The minimum atomic E-state index is -0.229. The second kappa shape index (κ2) is 9.74. The van der Waals surface area contributed by atoms with Gasteiger partial charge in [0.05, 0.1) is 12.7 Å². The van der Waals surface area contributed by atoms with Crippen LogP contribution < -0.4 is 10.6 Å². The maximum Gasteiger partial charge on any atom is 0.242 e. The minimum Gasteiger partial charge on any atom is -0.375 e. The van der Waals surface area contributed by atoms with E-state index in [2.05, 4.69) is 10.6 Å². The molecule has 0 aromatic carbocycles. The normalized spacial score (nSPS) is 28.4. The van der Waals surface area contributed by atoms with Gasteiger partial charge in [-0.1, -0.05) is 12.8 Å². The summed E-state index contributed by atoms with van der Waals surface area (Å²) in [6, 6.07) is -0.0109. The van der Waals surface area contributed by atoms with Crippen molar-refractivity contribution in [3.05, 3.63) is 0 Å². The molecule has 3 fully saturated rings. The third-order valence-corrected chi connectivity index (χ3v) is 5.70. The number of nitrogens with zero attached hydrogens (tertiary/aromatic N) is 1. The Labute approximate surface area is 156 Å². The van der Waals surface area contributed by atoms with Crippen molar-refractivity contribution in [3.63, 3.8) is 0 Å². The Hall–Kier alpha value is -0.850. The molecule has 2 atom stereocenters. The quantitative estimate of drug-likeness (QED) is 0.783. The number of carbonyl (C=O) groups is 2. The first-order chi connectivity index (χ1) is 11.6. The summed E-state index contributed by atoms with van der Waals surface area (Å²) in [5.74, 6) is 0.922. The molecule has 144 valence electrons. The number of piperidine rings is 1. The highest BCUT2D eigenvalue weighted by atomic mass is 35.5. The van der Waals surface area contributed by atoms with Gasteiger partial charge in [-0.2, -0.15) is 0 Å². The van der Waals surface area contributed by atoms with Gasteiger partial charge in [0.25, 0.3) is 0 Å². The van der Waals surface area contributed by atoms with Crippen LogP contribution in [0.4, 0.5) is 0 Å². The van der Waals surface area contributed by atoms with Crippen LogP contribution in [-0.2, 0) is 14.3 Å². The lowest BCUT2D eigenvalue weighted by molar-refractivity contribution is -0.140. The number of nitrogens with one attached hydrogen (secondary N) is 2. The van der Waals surface area contributed by atoms with Gasteiger partial charge in [0.1, 0.15) is 6.04 Å². The fraction of sp³-hybridized carbons (Fsp3) is 0.889. The number of ether oxygens (including phenoxy) is 1. The van der Waals surface area contributed by atoms with Crippen LogP contribution in [0.25, 0.3) is 0 Å². The average Bonchev–Trinajstić information content (AvgIpc) is 3.08. The van der Waals surface area contributed by atoms with Crippen molar-refractivity contribution in [3.8, 4) is 0 Å². The number of halogens is 1. The van der Waals surface area contributed by atoms with Gasteiger partial charge >= 0.3 is 0 Å². The molecule has 25 heavy (non-hydrogen) atoms. The van der Waals surface area contributed by atoms with Crippen LogP contribution in [0.5, 0.6) is 0 Å². The molecule has 2 saturated heterocycles. The first-order valence-corrected chi connectivity index (χ1v) is 9.56. The summed E-state index contributed by atoms with van der Waals surface area (Å²) in [4.78, 5) is 26.7. The van der Waals surface area contributed by atoms with Gasteiger partial charge in [-0.25, -0.2) is 0 Å². The second-order valence-electron chi connectivity index (χ2n) is 7.53. The van der Waals surface area contributed by atoms with Crippen LogP contribution in [0, 0.1) is 5.92 Å². The van der Waals surface area contributed by atoms with Gasteiger partial charge in [-0.3, -0.25) is 9.59 Å². The largest absolute Gasteiger partial charge is 0.375 e. The SMILES string of the molecule is C[C@H]1OCCN[C@@H]1C(=O)N1CCC(NC(=O)CC2CCCC2)CC1.Cl. The summed E-state index contributed by atoms with van der Waals surface area (Å²) in [6.45, 7) is 4.79. The molecule has 6 nitrogen and oxygen atoms in total. The van der Waals surface area contributed by atoms with Crippen LogP contribution in [0.2, 0.25) is 0 Å². The monoisotopic (exact) mass is 373 g/mol. The van der Waals surface area contributed by atoms with Crippen molar-refractivity contribution < 1.29 is 14.3 Å². The Morgan fingerprint density at radius 2 is 1.84 bits per heavy atom. The zero-order valence-corrected chi connectivity index (χ0v) is 16.0. The summed E-state index contributed by atoms with van der Waals surface area (Å²) < 4.78 is 5.57. The number of rotatable bonds is 4. The molecule has 0 bridgehead atoms. The maximum absolute atomic E-state index is 12.6. The molecule has 1 saturated carbocycles. The summed E-state index contributed by atoms with van der Waals surface area (Å²) in [6.07, 6.45) is 7.26. The highest BCUT2D eigenvalue weighted by Gasteiger charge is 2.33. The zero-order chi connectivity index (χ0) is 16.9. The Bertz CT molecular complexity index is 449. The molecule has 2 aliphatic heterocycles. The third-order valence-electron chi connectivity index (χ3n) is 5.70. The van der Waals surface area contributed by atoms with Crippen molar-refractivity contribution in [2.75, 3.05) is 26.2 Å². The Kier molecular flexibility index (Phi) is 7.97. The fourth-order valence-electron chi connectivity index (χ4n) is 4.21. The lowest BCUT2D eigenvalue weighted by Crippen LogP contribution is -2.58. The van der Waals surface area contributed by atoms with Crippen molar-refractivity contribution in [1.29, 1.82) is 0 Å². The maximum atomic E-state index is 12.6. The number of amides is 2. The van der Waals surface area contributed by atoms with Crippen LogP contribution in [0.1, 0.15) is 51.9 Å². The van der Waals surface area contributed by atoms with E-state index in [9.17, 15) is 9.59 Å². The summed E-state index contributed by atoms with van der Waals surface area (Å²) >= 11 is 0. The second-order valence-corrected chi connectivity index (χ2v) is 7.53. The van der Waals surface area contributed by atoms with Crippen LogP contribution in [0.15, 0.2) is 0 Å². The molecular weight excluding hydrogens is 342 g/mol. The highest BCUT2D eigenvalue weighted by Crippen LogP contribution is 2.27. The highest BCUT2D eigenvalue weighted by molar-refractivity contribution is 5.85.